The number of H-pyrrole nitrogens is 1. The molecule has 15 heavy (non-hydrogen) atoms. The van der Waals surface area contributed by atoms with Crippen molar-refractivity contribution >= 4 is 11.6 Å². The average Bonchev–Trinajstić information content (AvgIpc) is 2.74. The summed E-state index contributed by atoms with van der Waals surface area (Å²) in [5.74, 6) is -0.860. The second kappa shape index (κ2) is 3.91. The van der Waals surface area contributed by atoms with Crippen molar-refractivity contribution in [1.29, 1.82) is 0 Å². The smallest absolute Gasteiger partial charge is 0.272 e. The summed E-state index contributed by atoms with van der Waals surface area (Å²) in [6.45, 7) is 0. The Bertz CT molecular complexity index is 450. The van der Waals surface area contributed by atoms with E-state index in [4.69, 9.17) is 0 Å². The van der Waals surface area contributed by atoms with Crippen LogP contribution in [-0.4, -0.2) is 15.9 Å². The van der Waals surface area contributed by atoms with Gasteiger partial charge in [0.25, 0.3) is 5.91 Å². The predicted molar refractivity (Wildman–Crippen MR) is 52.9 cm³/mol. The van der Waals surface area contributed by atoms with Gasteiger partial charge in [0.15, 0.2) is 0 Å². The summed E-state index contributed by atoms with van der Waals surface area (Å²) in [7, 11) is 0. The Morgan fingerprint density at radius 3 is 2.87 bits per heavy atom. The average molecular weight is 205 g/mol. The molecule has 4 nitrogen and oxygen atoms in total. The first-order valence-electron chi connectivity index (χ1n) is 4.32. The van der Waals surface area contributed by atoms with E-state index in [9.17, 15) is 9.18 Å². The summed E-state index contributed by atoms with van der Waals surface area (Å²) in [5, 5.41) is 2.57. The van der Waals surface area contributed by atoms with E-state index in [1.807, 2.05) is 0 Å². The monoisotopic (exact) mass is 205 g/mol. The summed E-state index contributed by atoms with van der Waals surface area (Å²) >= 11 is 0. The maximum absolute atomic E-state index is 12.5. The first-order valence-corrected chi connectivity index (χ1v) is 4.32. The number of aromatic nitrogens is 2. The lowest BCUT2D eigenvalue weighted by Crippen LogP contribution is -2.12. The van der Waals surface area contributed by atoms with Crippen LogP contribution in [0.2, 0.25) is 0 Å². The summed E-state index contributed by atoms with van der Waals surface area (Å²) < 4.78 is 12.5. The summed E-state index contributed by atoms with van der Waals surface area (Å²) in [6, 6.07) is 6.00. The highest BCUT2D eigenvalue weighted by Crippen LogP contribution is 2.07. The van der Waals surface area contributed by atoms with Crippen LogP contribution in [0.15, 0.2) is 36.7 Å². The van der Waals surface area contributed by atoms with Gasteiger partial charge in [-0.1, -0.05) is 0 Å². The van der Waals surface area contributed by atoms with E-state index in [0.717, 1.165) is 0 Å². The first-order chi connectivity index (χ1) is 7.25. The Morgan fingerprint density at radius 1 is 1.40 bits per heavy atom. The molecule has 1 amide bonds. The molecule has 76 valence electrons. The number of amides is 1. The molecule has 0 atom stereocenters. The number of nitrogens with one attached hydrogen (secondary N) is 2. The molecule has 2 rings (SSSR count). The number of anilines is 1. The quantitative estimate of drug-likeness (QED) is 0.734. The molecule has 0 spiro atoms. The molecule has 0 fully saturated rings. The van der Waals surface area contributed by atoms with E-state index < -0.39 is 5.95 Å². The molecule has 0 radical (unpaired) electrons. The van der Waals surface area contributed by atoms with Crippen LogP contribution in [-0.2, 0) is 0 Å². The number of hydrogen-bond acceptors (Lipinski definition) is 2. The molecule has 0 aliphatic rings. The number of halogens is 1. The van der Waals surface area contributed by atoms with Crippen molar-refractivity contribution < 1.29 is 9.18 Å². The minimum Gasteiger partial charge on any atom is -0.357 e. The zero-order chi connectivity index (χ0) is 10.7. The highest BCUT2D eigenvalue weighted by Gasteiger charge is 2.05. The molecular weight excluding hydrogens is 197 g/mol. The van der Waals surface area contributed by atoms with Crippen molar-refractivity contribution in [1.82, 2.24) is 9.97 Å². The fourth-order valence-electron chi connectivity index (χ4n) is 1.12. The van der Waals surface area contributed by atoms with E-state index in [1.165, 1.54) is 18.3 Å². The molecule has 0 saturated heterocycles. The van der Waals surface area contributed by atoms with Gasteiger partial charge in [-0.3, -0.25) is 4.79 Å². The van der Waals surface area contributed by atoms with Crippen LogP contribution < -0.4 is 5.32 Å². The molecule has 0 saturated carbocycles. The lowest BCUT2D eigenvalue weighted by Gasteiger charge is -2.02. The van der Waals surface area contributed by atoms with Crippen LogP contribution in [0.5, 0.6) is 0 Å². The van der Waals surface area contributed by atoms with Crippen LogP contribution in [0.4, 0.5) is 10.1 Å². The minimum atomic E-state index is -0.576. The van der Waals surface area contributed by atoms with Crippen molar-refractivity contribution in [3.8, 4) is 0 Å². The zero-order valence-corrected chi connectivity index (χ0v) is 7.70. The number of rotatable bonds is 2. The Morgan fingerprint density at radius 2 is 2.27 bits per heavy atom. The number of carbonyl (C=O) groups is 1. The Balaban J connectivity index is 2.09. The van der Waals surface area contributed by atoms with Gasteiger partial charge in [-0.05, 0) is 24.3 Å². The summed E-state index contributed by atoms with van der Waals surface area (Å²) in [4.78, 5) is 17.7. The molecule has 2 aromatic rings. The molecule has 2 N–H and O–H groups in total. The third kappa shape index (κ3) is 2.19. The third-order valence-electron chi connectivity index (χ3n) is 1.83. The van der Waals surface area contributed by atoms with Gasteiger partial charge in [0.1, 0.15) is 5.69 Å². The number of carbonyl (C=O) groups excluding carboxylic acids is 1. The Labute approximate surface area is 85.2 Å². The normalized spacial score (nSPS) is 9.93. The zero-order valence-electron chi connectivity index (χ0n) is 7.70. The van der Waals surface area contributed by atoms with E-state index >= 15 is 0 Å². The van der Waals surface area contributed by atoms with Crippen molar-refractivity contribution in [3.05, 3.63) is 48.3 Å². The highest BCUT2D eigenvalue weighted by atomic mass is 19.1. The molecule has 2 aromatic heterocycles. The van der Waals surface area contributed by atoms with Gasteiger partial charge < -0.3 is 10.3 Å². The maximum Gasteiger partial charge on any atom is 0.272 e. The molecule has 0 aromatic carbocycles. The number of aromatic amines is 1. The molecule has 0 bridgehead atoms. The van der Waals surface area contributed by atoms with E-state index in [-0.39, 0.29) is 5.91 Å². The van der Waals surface area contributed by atoms with Gasteiger partial charge in [0, 0.05) is 6.20 Å². The fourth-order valence-corrected chi connectivity index (χ4v) is 1.12. The summed E-state index contributed by atoms with van der Waals surface area (Å²) in [5.41, 5.74) is 0.898. The topological polar surface area (TPSA) is 57.8 Å². The Hall–Kier alpha value is -2.17. The lowest BCUT2D eigenvalue weighted by molar-refractivity contribution is 0.102. The minimum absolute atomic E-state index is 0.284. The lowest BCUT2D eigenvalue weighted by atomic mass is 10.3. The standard InChI is InChI=1S/C10H8FN3O/c11-9-4-3-7(6-13-9)14-10(15)8-2-1-5-12-8/h1-6,12H,(H,14,15). The summed E-state index contributed by atoms with van der Waals surface area (Å²) in [6.07, 6.45) is 2.91. The molecular formula is C10H8FN3O. The molecule has 5 heteroatoms. The maximum atomic E-state index is 12.5. The number of hydrogen-bond donors (Lipinski definition) is 2. The largest absolute Gasteiger partial charge is 0.357 e. The predicted octanol–water partition coefficient (Wildman–Crippen LogP) is 1.80. The van der Waals surface area contributed by atoms with Crippen molar-refractivity contribution in [2.75, 3.05) is 5.32 Å². The van der Waals surface area contributed by atoms with E-state index in [2.05, 4.69) is 15.3 Å². The van der Waals surface area contributed by atoms with Crippen LogP contribution in [0.3, 0.4) is 0 Å². The van der Waals surface area contributed by atoms with Gasteiger partial charge in [-0.25, -0.2) is 4.98 Å². The highest BCUT2D eigenvalue weighted by molar-refractivity contribution is 6.02. The second-order valence-corrected chi connectivity index (χ2v) is 2.91. The van der Waals surface area contributed by atoms with Gasteiger partial charge in [-0.2, -0.15) is 4.39 Å². The molecule has 0 aliphatic heterocycles. The second-order valence-electron chi connectivity index (χ2n) is 2.91. The first kappa shape index (κ1) is 9.39. The Kier molecular flexibility index (Phi) is 2.45. The van der Waals surface area contributed by atoms with Crippen molar-refractivity contribution in [2.24, 2.45) is 0 Å². The molecule has 0 aliphatic carbocycles. The van der Waals surface area contributed by atoms with Gasteiger partial charge in [0.2, 0.25) is 5.95 Å². The third-order valence-corrected chi connectivity index (χ3v) is 1.83. The van der Waals surface area contributed by atoms with E-state index in [0.29, 0.717) is 11.4 Å². The van der Waals surface area contributed by atoms with Crippen molar-refractivity contribution in [2.45, 2.75) is 0 Å². The number of pyridine rings is 1. The van der Waals surface area contributed by atoms with Crippen LogP contribution in [0, 0.1) is 5.95 Å². The van der Waals surface area contributed by atoms with Crippen molar-refractivity contribution in [3.63, 3.8) is 0 Å². The molecule has 0 unspecified atom stereocenters. The SMILES string of the molecule is O=C(Nc1ccc(F)nc1)c1ccc[nH]1. The van der Waals surface area contributed by atoms with Crippen LogP contribution >= 0.6 is 0 Å². The molecule has 2 heterocycles. The fraction of sp³-hybridized carbons (Fsp3) is 0. The van der Waals surface area contributed by atoms with Gasteiger partial charge in [0.05, 0.1) is 11.9 Å². The number of nitrogens with zero attached hydrogens (tertiary/aromatic N) is 1. The van der Waals surface area contributed by atoms with Gasteiger partial charge >= 0.3 is 0 Å². The van der Waals surface area contributed by atoms with Crippen LogP contribution in [0.25, 0.3) is 0 Å². The van der Waals surface area contributed by atoms with Crippen LogP contribution in [0.1, 0.15) is 10.5 Å². The van der Waals surface area contributed by atoms with E-state index in [1.54, 1.807) is 18.3 Å². The van der Waals surface area contributed by atoms with Gasteiger partial charge in [-0.15, -0.1) is 0 Å².